The van der Waals surface area contributed by atoms with Gasteiger partial charge in [-0.15, -0.1) is 0 Å². The molecule has 0 amide bonds. The molecule has 14 heavy (non-hydrogen) atoms. The van der Waals surface area contributed by atoms with Crippen LogP contribution in [0, 0.1) is 0 Å². The number of hydrogen-bond acceptors (Lipinski definition) is 2. The van der Waals surface area contributed by atoms with Gasteiger partial charge < -0.3 is 9.05 Å². The summed E-state index contributed by atoms with van der Waals surface area (Å²) in [5.74, 6) is 0.542. The van der Waals surface area contributed by atoms with Crippen LogP contribution in [-0.4, -0.2) is 0 Å². The third-order valence-corrected chi connectivity index (χ3v) is 3.26. The molecule has 0 heterocycles. The van der Waals surface area contributed by atoms with E-state index < -0.39 is 7.73 Å². The molecule has 0 saturated heterocycles. The summed E-state index contributed by atoms with van der Waals surface area (Å²) in [6, 6.07) is 0. The first kappa shape index (κ1) is 15.0. The van der Waals surface area contributed by atoms with Gasteiger partial charge in [-0.05, 0) is 25.1 Å². The van der Waals surface area contributed by atoms with Gasteiger partial charge in [0.2, 0.25) is 0 Å². The average Bonchev–Trinajstić information content (AvgIpc) is 2.03. The van der Waals surface area contributed by atoms with Crippen LogP contribution >= 0.6 is 65.4 Å². The van der Waals surface area contributed by atoms with E-state index in [0.29, 0.717) is 0 Å². The van der Waals surface area contributed by atoms with Gasteiger partial charge in [0.15, 0.2) is 0 Å². The second-order valence-corrected chi connectivity index (χ2v) is 5.55. The summed E-state index contributed by atoms with van der Waals surface area (Å²) in [5.41, 5.74) is 0. The van der Waals surface area contributed by atoms with Crippen LogP contribution in [0.1, 0.15) is 13.8 Å². The first-order valence-electron chi connectivity index (χ1n) is 3.20. The maximum absolute atomic E-state index is 5.68. The van der Waals surface area contributed by atoms with E-state index in [0.717, 1.165) is 0 Å². The highest BCUT2D eigenvalue weighted by atomic mass is 35.7. The Morgan fingerprint density at radius 2 is 1.14 bits per heavy atom. The molecule has 0 saturated carbocycles. The highest BCUT2D eigenvalue weighted by molar-refractivity contribution is 7.76. The van der Waals surface area contributed by atoms with Crippen molar-refractivity contribution in [1.82, 2.24) is 0 Å². The number of halogens is 5. The lowest BCUT2D eigenvalue weighted by Crippen LogP contribution is -1.85. The molecule has 0 aromatic carbocycles. The second kappa shape index (κ2) is 7.27. The van der Waals surface area contributed by atoms with Gasteiger partial charge in [-0.1, -0.05) is 46.4 Å². The maximum atomic E-state index is 5.68. The number of allylic oxidation sites excluding steroid dienone is 2. The van der Waals surface area contributed by atoms with E-state index >= 15 is 0 Å². The normalized spacial score (nSPS) is 9.71. The molecule has 0 aliphatic rings. The van der Waals surface area contributed by atoms with Gasteiger partial charge in [0.1, 0.15) is 20.5 Å². The highest BCUT2D eigenvalue weighted by Gasteiger charge is 2.13. The van der Waals surface area contributed by atoms with Crippen LogP contribution in [0.3, 0.4) is 0 Å². The lowest BCUT2D eigenvalue weighted by Gasteiger charge is -2.12. The molecule has 0 rings (SSSR count). The van der Waals surface area contributed by atoms with Crippen LogP contribution in [-0.2, 0) is 9.05 Å². The molecule has 2 nitrogen and oxygen atoms in total. The van der Waals surface area contributed by atoms with Gasteiger partial charge in [0, 0.05) is 0 Å². The van der Waals surface area contributed by atoms with E-state index in [-0.39, 0.29) is 20.5 Å². The monoisotopic (exact) mass is 316 g/mol. The zero-order valence-corrected chi connectivity index (χ0v) is 11.8. The molecule has 0 bridgehead atoms. The summed E-state index contributed by atoms with van der Waals surface area (Å²) in [6.45, 7) is 3.11. The van der Waals surface area contributed by atoms with Gasteiger partial charge in [0.05, 0.1) is 0 Å². The minimum absolute atomic E-state index is 0.0136. The van der Waals surface area contributed by atoms with E-state index in [2.05, 4.69) is 0 Å². The van der Waals surface area contributed by atoms with Crippen LogP contribution in [0.4, 0.5) is 0 Å². The number of rotatable bonds is 4. The van der Waals surface area contributed by atoms with Crippen molar-refractivity contribution in [3.8, 4) is 0 Å². The Kier molecular flexibility index (Phi) is 7.77. The van der Waals surface area contributed by atoms with Crippen molar-refractivity contribution in [2.24, 2.45) is 0 Å². The third kappa shape index (κ3) is 6.44. The summed E-state index contributed by atoms with van der Waals surface area (Å²) < 4.78 is 9.98. The van der Waals surface area contributed by atoms with Crippen LogP contribution < -0.4 is 0 Å². The van der Waals surface area contributed by atoms with Gasteiger partial charge in [-0.2, -0.15) is 0 Å². The topological polar surface area (TPSA) is 18.5 Å². The van der Waals surface area contributed by atoms with E-state index in [4.69, 9.17) is 66.7 Å². The van der Waals surface area contributed by atoms with Crippen LogP contribution in [0.15, 0.2) is 20.5 Å². The fourth-order valence-electron chi connectivity index (χ4n) is 0.303. The third-order valence-electron chi connectivity index (χ3n) is 0.950. The summed E-state index contributed by atoms with van der Waals surface area (Å²) in [7, 11) is -1.71. The highest BCUT2D eigenvalue weighted by Crippen LogP contribution is 2.49. The lowest BCUT2D eigenvalue weighted by molar-refractivity contribution is 0.371. The van der Waals surface area contributed by atoms with E-state index in [1.807, 2.05) is 0 Å². The first-order chi connectivity index (χ1) is 6.34. The Hall–Kier alpha value is 0.960. The smallest absolute Gasteiger partial charge is 0.400 e. The molecule has 0 radical (unpaired) electrons. The Morgan fingerprint density at radius 1 is 0.857 bits per heavy atom. The van der Waals surface area contributed by atoms with Crippen molar-refractivity contribution in [3.05, 3.63) is 20.5 Å². The molecule has 0 unspecified atom stereocenters. The Morgan fingerprint density at radius 3 is 1.36 bits per heavy atom. The summed E-state index contributed by atoms with van der Waals surface area (Å²) in [4.78, 5) is 0. The molecule has 0 spiro atoms. The molecule has 0 aromatic heterocycles. The van der Waals surface area contributed by atoms with Crippen molar-refractivity contribution in [2.45, 2.75) is 13.8 Å². The standard InChI is InChI=1S/C6H6Cl5O2P/c1-3(5(7)8)12-14(11)13-4(2)6(9)10/h1-2H3. The quantitative estimate of drug-likeness (QED) is 0.480. The van der Waals surface area contributed by atoms with Crippen LogP contribution in [0.25, 0.3) is 0 Å². The van der Waals surface area contributed by atoms with Crippen LogP contribution in [0.5, 0.6) is 0 Å². The summed E-state index contributed by atoms with van der Waals surface area (Å²) in [5, 5.41) is 0. The van der Waals surface area contributed by atoms with Gasteiger partial charge in [0.25, 0.3) is 0 Å². The van der Waals surface area contributed by atoms with E-state index in [1.165, 1.54) is 0 Å². The minimum Gasteiger partial charge on any atom is -0.430 e. The molecule has 0 fully saturated rings. The van der Waals surface area contributed by atoms with E-state index in [9.17, 15) is 0 Å². The molecular formula is C6H6Cl5O2P. The maximum Gasteiger partial charge on any atom is 0.400 e. The number of hydrogen-bond donors (Lipinski definition) is 0. The zero-order chi connectivity index (χ0) is 11.3. The summed E-state index contributed by atoms with van der Waals surface area (Å²) >= 11 is 27.4. The second-order valence-electron chi connectivity index (χ2n) is 2.03. The molecule has 82 valence electrons. The molecule has 0 atom stereocenters. The molecule has 0 aliphatic heterocycles. The average molecular weight is 318 g/mol. The Balaban J connectivity index is 4.20. The molecule has 8 heteroatoms. The fraction of sp³-hybridized carbons (Fsp3) is 0.333. The molecule has 0 aliphatic carbocycles. The Labute approximate surface area is 108 Å². The zero-order valence-electron chi connectivity index (χ0n) is 7.15. The van der Waals surface area contributed by atoms with Gasteiger partial charge in [-0.25, -0.2) is 0 Å². The predicted octanol–water partition coefficient (Wildman–Crippen LogP) is 5.82. The molecule has 0 aromatic rings. The molecular weight excluding hydrogens is 312 g/mol. The SMILES string of the molecule is CC(OP(Cl)OC(C)=C(Cl)Cl)=C(Cl)Cl. The fourth-order valence-corrected chi connectivity index (χ4v) is 1.94. The van der Waals surface area contributed by atoms with Gasteiger partial charge in [-0.3, -0.25) is 0 Å². The summed E-state index contributed by atoms with van der Waals surface area (Å²) in [6.07, 6.45) is 0. The molecule has 0 N–H and O–H groups in total. The van der Waals surface area contributed by atoms with Crippen LogP contribution in [0.2, 0.25) is 0 Å². The van der Waals surface area contributed by atoms with Crippen molar-refractivity contribution in [1.29, 1.82) is 0 Å². The van der Waals surface area contributed by atoms with Crippen molar-refractivity contribution in [3.63, 3.8) is 0 Å². The van der Waals surface area contributed by atoms with E-state index in [1.54, 1.807) is 13.8 Å². The largest absolute Gasteiger partial charge is 0.430 e. The van der Waals surface area contributed by atoms with Crippen molar-refractivity contribution < 1.29 is 9.05 Å². The first-order valence-corrected chi connectivity index (χ1v) is 6.79. The lowest BCUT2D eigenvalue weighted by atomic mass is 10.7. The van der Waals surface area contributed by atoms with Gasteiger partial charge >= 0.3 is 7.73 Å². The predicted molar refractivity (Wildman–Crippen MR) is 63.8 cm³/mol. The van der Waals surface area contributed by atoms with Crippen molar-refractivity contribution >= 4 is 65.4 Å². The Bertz CT molecular complexity index is 231. The van der Waals surface area contributed by atoms with Crippen molar-refractivity contribution in [2.75, 3.05) is 0 Å². The minimum atomic E-state index is -1.71.